The Morgan fingerprint density at radius 1 is 0.857 bits per heavy atom. The quantitative estimate of drug-likeness (QED) is 0.770. The lowest BCUT2D eigenvalue weighted by Gasteiger charge is -2.29. The summed E-state index contributed by atoms with van der Waals surface area (Å²) in [5, 5.41) is 4.34. The maximum Gasteiger partial charge on any atom is 0.253 e. The van der Waals surface area contributed by atoms with Crippen LogP contribution in [0.2, 0.25) is 0 Å². The third-order valence-corrected chi connectivity index (χ3v) is 6.16. The SMILES string of the molecule is COc1ccc([C@H]2[C@H]3C(=O)N(c4ccc(C)cc4)C(=O)[C@H]3N3CCCN23)cc1. The van der Waals surface area contributed by atoms with Crippen molar-refractivity contribution in [3.63, 3.8) is 0 Å². The van der Waals surface area contributed by atoms with Gasteiger partial charge in [0.2, 0.25) is 5.91 Å². The van der Waals surface area contributed by atoms with Gasteiger partial charge in [-0.1, -0.05) is 29.8 Å². The van der Waals surface area contributed by atoms with Gasteiger partial charge in [0.25, 0.3) is 5.91 Å². The summed E-state index contributed by atoms with van der Waals surface area (Å²) in [6.07, 6.45) is 1.00. The predicted molar refractivity (Wildman–Crippen MR) is 105 cm³/mol. The van der Waals surface area contributed by atoms with Gasteiger partial charge in [-0.2, -0.15) is 0 Å². The largest absolute Gasteiger partial charge is 0.497 e. The molecule has 2 aromatic carbocycles. The second-order valence-corrected chi connectivity index (χ2v) is 7.72. The fourth-order valence-electron chi connectivity index (χ4n) is 4.86. The number of imide groups is 1. The Balaban J connectivity index is 1.55. The first-order valence-corrected chi connectivity index (χ1v) is 9.72. The first-order chi connectivity index (χ1) is 13.6. The summed E-state index contributed by atoms with van der Waals surface area (Å²) in [5.41, 5.74) is 2.81. The van der Waals surface area contributed by atoms with E-state index in [0.717, 1.165) is 36.4 Å². The molecule has 3 aliphatic rings. The molecule has 2 aromatic rings. The van der Waals surface area contributed by atoms with Crippen molar-refractivity contribution in [2.75, 3.05) is 25.1 Å². The number of carbonyl (C=O) groups is 2. The summed E-state index contributed by atoms with van der Waals surface area (Å²) in [5.74, 6) is 0.185. The van der Waals surface area contributed by atoms with Crippen LogP contribution in [0.5, 0.6) is 5.75 Å². The molecule has 3 atom stereocenters. The van der Waals surface area contributed by atoms with Crippen LogP contribution in [0.3, 0.4) is 0 Å². The van der Waals surface area contributed by atoms with Crippen molar-refractivity contribution in [3.05, 3.63) is 59.7 Å². The van der Waals surface area contributed by atoms with E-state index in [1.807, 2.05) is 55.5 Å². The monoisotopic (exact) mass is 377 g/mol. The molecule has 6 nitrogen and oxygen atoms in total. The molecule has 3 aliphatic heterocycles. The van der Waals surface area contributed by atoms with Gasteiger partial charge in [0.1, 0.15) is 11.8 Å². The number of anilines is 1. The van der Waals surface area contributed by atoms with Crippen molar-refractivity contribution in [1.29, 1.82) is 0 Å². The van der Waals surface area contributed by atoms with Gasteiger partial charge < -0.3 is 4.74 Å². The summed E-state index contributed by atoms with van der Waals surface area (Å²) >= 11 is 0. The Kier molecular flexibility index (Phi) is 4.00. The zero-order valence-electron chi connectivity index (χ0n) is 16.0. The van der Waals surface area contributed by atoms with Crippen molar-refractivity contribution in [2.45, 2.75) is 25.4 Å². The van der Waals surface area contributed by atoms with Crippen molar-refractivity contribution in [1.82, 2.24) is 10.0 Å². The molecule has 0 aliphatic carbocycles. The molecule has 0 saturated carbocycles. The Bertz CT molecular complexity index is 925. The average Bonchev–Trinajstić information content (AvgIpc) is 3.35. The second kappa shape index (κ2) is 6.43. The topological polar surface area (TPSA) is 53.1 Å². The van der Waals surface area contributed by atoms with E-state index in [1.165, 1.54) is 4.90 Å². The molecule has 28 heavy (non-hydrogen) atoms. The third kappa shape index (κ3) is 2.41. The lowest BCUT2D eigenvalue weighted by atomic mass is 9.90. The van der Waals surface area contributed by atoms with E-state index in [2.05, 4.69) is 10.0 Å². The molecule has 0 bridgehead atoms. The molecule has 3 saturated heterocycles. The molecule has 0 unspecified atom stereocenters. The molecule has 3 fully saturated rings. The molecule has 2 amide bonds. The second-order valence-electron chi connectivity index (χ2n) is 7.72. The number of fused-ring (bicyclic) bond motifs is 3. The van der Waals surface area contributed by atoms with Crippen LogP contribution in [0.1, 0.15) is 23.6 Å². The molecule has 5 rings (SSSR count). The first-order valence-electron chi connectivity index (χ1n) is 9.72. The summed E-state index contributed by atoms with van der Waals surface area (Å²) in [6.45, 7) is 3.68. The van der Waals surface area contributed by atoms with Crippen LogP contribution in [-0.2, 0) is 9.59 Å². The molecule has 0 aromatic heterocycles. The van der Waals surface area contributed by atoms with Crippen LogP contribution in [0.25, 0.3) is 0 Å². The number of rotatable bonds is 3. The zero-order chi connectivity index (χ0) is 19.4. The number of hydrogen-bond donors (Lipinski definition) is 0. The van der Waals surface area contributed by atoms with E-state index < -0.39 is 6.04 Å². The van der Waals surface area contributed by atoms with Gasteiger partial charge in [-0.25, -0.2) is 14.9 Å². The lowest BCUT2D eigenvalue weighted by molar-refractivity contribution is -0.126. The number of benzene rings is 2. The van der Waals surface area contributed by atoms with E-state index >= 15 is 0 Å². The highest BCUT2D eigenvalue weighted by Gasteiger charge is 2.62. The van der Waals surface area contributed by atoms with Gasteiger partial charge >= 0.3 is 0 Å². The molecule has 6 heteroatoms. The van der Waals surface area contributed by atoms with Gasteiger partial charge in [0, 0.05) is 13.1 Å². The number of carbonyl (C=O) groups excluding carboxylic acids is 2. The minimum atomic E-state index is -0.414. The number of ether oxygens (including phenoxy) is 1. The van der Waals surface area contributed by atoms with Gasteiger partial charge in [-0.15, -0.1) is 0 Å². The van der Waals surface area contributed by atoms with Crippen LogP contribution in [0, 0.1) is 12.8 Å². The lowest BCUT2D eigenvalue weighted by Crippen LogP contribution is -2.44. The third-order valence-electron chi connectivity index (χ3n) is 6.16. The molecule has 3 heterocycles. The maximum atomic E-state index is 13.4. The fraction of sp³-hybridized carbons (Fsp3) is 0.364. The normalized spacial score (nSPS) is 27.4. The summed E-state index contributed by atoms with van der Waals surface area (Å²) < 4.78 is 5.27. The highest BCUT2D eigenvalue weighted by atomic mass is 16.5. The molecular weight excluding hydrogens is 354 g/mol. The minimum absolute atomic E-state index is 0.103. The number of aryl methyl sites for hydroxylation is 1. The Hall–Kier alpha value is -2.70. The summed E-state index contributed by atoms with van der Waals surface area (Å²) in [6, 6.07) is 14.9. The Morgan fingerprint density at radius 3 is 2.14 bits per heavy atom. The summed E-state index contributed by atoms with van der Waals surface area (Å²) in [4.78, 5) is 28.2. The van der Waals surface area contributed by atoms with E-state index in [4.69, 9.17) is 4.74 Å². The van der Waals surface area contributed by atoms with E-state index in [9.17, 15) is 9.59 Å². The minimum Gasteiger partial charge on any atom is -0.497 e. The van der Waals surface area contributed by atoms with Crippen LogP contribution in [0.4, 0.5) is 5.69 Å². The van der Waals surface area contributed by atoms with Crippen molar-refractivity contribution >= 4 is 17.5 Å². The van der Waals surface area contributed by atoms with Crippen molar-refractivity contribution < 1.29 is 14.3 Å². The standard InChI is InChI=1S/C22H23N3O3/c1-14-4-8-16(9-5-14)25-21(26)18-19(15-6-10-17(28-2)11-7-15)23-12-3-13-24(23)20(18)22(25)27/h4-11,18-20H,3,12-13H2,1-2H3/t18-,19+,20+/m1/s1. The zero-order valence-corrected chi connectivity index (χ0v) is 16.0. The van der Waals surface area contributed by atoms with Crippen LogP contribution >= 0.6 is 0 Å². The summed E-state index contributed by atoms with van der Waals surface area (Å²) in [7, 11) is 1.64. The van der Waals surface area contributed by atoms with E-state index in [-0.39, 0.29) is 23.8 Å². The van der Waals surface area contributed by atoms with Crippen LogP contribution in [-0.4, -0.2) is 48.1 Å². The van der Waals surface area contributed by atoms with Gasteiger partial charge in [0.05, 0.1) is 24.8 Å². The molecular formula is C22H23N3O3. The maximum absolute atomic E-state index is 13.4. The number of hydrogen-bond acceptors (Lipinski definition) is 5. The van der Waals surface area contributed by atoms with Gasteiger partial charge in [-0.05, 0) is 43.2 Å². The number of nitrogens with zero attached hydrogens (tertiary/aromatic N) is 3. The van der Waals surface area contributed by atoms with Crippen LogP contribution in [0.15, 0.2) is 48.5 Å². The van der Waals surface area contributed by atoms with E-state index in [0.29, 0.717) is 5.69 Å². The smallest absolute Gasteiger partial charge is 0.253 e. The Morgan fingerprint density at radius 2 is 1.50 bits per heavy atom. The number of methoxy groups -OCH3 is 1. The average molecular weight is 377 g/mol. The highest BCUT2D eigenvalue weighted by Crippen LogP contribution is 2.49. The first kappa shape index (κ1) is 17.4. The van der Waals surface area contributed by atoms with Crippen LogP contribution < -0.4 is 9.64 Å². The fourth-order valence-corrected chi connectivity index (χ4v) is 4.86. The number of hydrazine groups is 1. The Labute approximate surface area is 164 Å². The predicted octanol–water partition coefficient (Wildman–Crippen LogP) is 2.54. The molecule has 0 spiro atoms. The molecule has 0 radical (unpaired) electrons. The van der Waals surface area contributed by atoms with Crippen molar-refractivity contribution in [2.24, 2.45) is 5.92 Å². The van der Waals surface area contributed by atoms with E-state index in [1.54, 1.807) is 7.11 Å². The highest BCUT2D eigenvalue weighted by molar-refractivity contribution is 6.24. The molecule has 144 valence electrons. The van der Waals surface area contributed by atoms with Crippen molar-refractivity contribution in [3.8, 4) is 5.75 Å². The molecule has 0 N–H and O–H groups in total. The van der Waals surface area contributed by atoms with Gasteiger partial charge in [-0.3, -0.25) is 9.59 Å². The number of amides is 2. The van der Waals surface area contributed by atoms with Gasteiger partial charge in [0.15, 0.2) is 0 Å².